The summed E-state index contributed by atoms with van der Waals surface area (Å²) in [5, 5.41) is 15.0. The van der Waals surface area contributed by atoms with Crippen molar-refractivity contribution in [3.63, 3.8) is 0 Å². The maximum absolute atomic E-state index is 11.8. The number of nitrogens with one attached hydrogen (secondary N) is 2. The van der Waals surface area contributed by atoms with Crippen LogP contribution in [0.15, 0.2) is 24.3 Å². The fraction of sp³-hybridized carbons (Fsp3) is 0.500. The second-order valence-electron chi connectivity index (χ2n) is 6.05. The van der Waals surface area contributed by atoms with E-state index >= 15 is 0 Å². The van der Waals surface area contributed by atoms with Gasteiger partial charge in [0.25, 0.3) is 5.91 Å². The molecule has 19 heavy (non-hydrogen) atoms. The molecule has 1 unspecified atom stereocenters. The Kier molecular flexibility index (Phi) is 5.56. The van der Waals surface area contributed by atoms with Crippen LogP contribution in [0.3, 0.4) is 0 Å². The van der Waals surface area contributed by atoms with Crippen molar-refractivity contribution in [3.8, 4) is 0 Å². The van der Waals surface area contributed by atoms with Crippen molar-refractivity contribution in [2.75, 3.05) is 18.1 Å². The van der Waals surface area contributed by atoms with E-state index < -0.39 is 8.07 Å². The number of carbonyl (C=O) groups is 1. The van der Waals surface area contributed by atoms with Gasteiger partial charge in [-0.15, -0.1) is 0 Å². The predicted molar refractivity (Wildman–Crippen MR) is 82.3 cm³/mol. The highest BCUT2D eigenvalue weighted by molar-refractivity contribution is 6.76. The van der Waals surface area contributed by atoms with Crippen LogP contribution < -0.4 is 10.6 Å². The minimum atomic E-state index is -1.12. The molecule has 4 nitrogen and oxygen atoms in total. The molecule has 0 bridgehead atoms. The Hall–Kier alpha value is -1.33. The van der Waals surface area contributed by atoms with Gasteiger partial charge >= 0.3 is 0 Å². The third kappa shape index (κ3) is 5.89. The lowest BCUT2D eigenvalue weighted by Crippen LogP contribution is -2.35. The van der Waals surface area contributed by atoms with Gasteiger partial charge in [0.15, 0.2) is 0 Å². The van der Waals surface area contributed by atoms with E-state index in [0.29, 0.717) is 5.56 Å². The van der Waals surface area contributed by atoms with Gasteiger partial charge in [-0.2, -0.15) is 0 Å². The van der Waals surface area contributed by atoms with Gasteiger partial charge < -0.3 is 15.7 Å². The van der Waals surface area contributed by atoms with Crippen LogP contribution in [-0.4, -0.2) is 37.9 Å². The van der Waals surface area contributed by atoms with Gasteiger partial charge in [0.2, 0.25) is 0 Å². The SMILES string of the molecule is CC(CO)NC(=O)c1ccc(NC[Si](C)(C)C)cc1. The van der Waals surface area contributed by atoms with Gasteiger partial charge in [0, 0.05) is 23.5 Å². The number of benzene rings is 1. The molecule has 0 fully saturated rings. The van der Waals surface area contributed by atoms with Crippen LogP contribution >= 0.6 is 0 Å². The topological polar surface area (TPSA) is 61.4 Å². The van der Waals surface area contributed by atoms with E-state index in [1.165, 1.54) is 0 Å². The first kappa shape index (κ1) is 15.7. The first-order valence-corrected chi connectivity index (χ1v) is 10.3. The van der Waals surface area contributed by atoms with Gasteiger partial charge in [0.1, 0.15) is 0 Å². The molecular formula is C14H24N2O2Si. The zero-order valence-corrected chi connectivity index (χ0v) is 13.2. The van der Waals surface area contributed by atoms with E-state index in [0.717, 1.165) is 11.9 Å². The summed E-state index contributed by atoms with van der Waals surface area (Å²) < 4.78 is 0. The normalized spacial score (nSPS) is 12.9. The summed E-state index contributed by atoms with van der Waals surface area (Å²) >= 11 is 0. The van der Waals surface area contributed by atoms with Crippen molar-refractivity contribution in [1.29, 1.82) is 0 Å². The van der Waals surface area contributed by atoms with E-state index in [9.17, 15) is 4.79 Å². The fourth-order valence-corrected chi connectivity index (χ4v) is 2.19. The molecule has 106 valence electrons. The lowest BCUT2D eigenvalue weighted by Gasteiger charge is -2.17. The van der Waals surface area contributed by atoms with Crippen molar-refractivity contribution < 1.29 is 9.90 Å². The Labute approximate surface area is 116 Å². The van der Waals surface area contributed by atoms with E-state index in [4.69, 9.17) is 5.11 Å². The van der Waals surface area contributed by atoms with E-state index in [1.54, 1.807) is 19.1 Å². The Morgan fingerprint density at radius 3 is 2.32 bits per heavy atom. The molecule has 1 aromatic rings. The standard InChI is InChI=1S/C14H24N2O2Si/c1-11(9-17)16-14(18)12-5-7-13(8-6-12)15-10-19(2,3)4/h5-8,11,15,17H,9-10H2,1-4H3,(H,16,18). The van der Waals surface area contributed by atoms with Gasteiger partial charge in [-0.1, -0.05) is 19.6 Å². The summed E-state index contributed by atoms with van der Waals surface area (Å²) in [7, 11) is -1.12. The van der Waals surface area contributed by atoms with Gasteiger partial charge in [-0.25, -0.2) is 0 Å². The number of hydrogen-bond acceptors (Lipinski definition) is 3. The number of hydrogen-bond donors (Lipinski definition) is 3. The molecule has 0 aliphatic rings. The molecule has 0 aliphatic heterocycles. The lowest BCUT2D eigenvalue weighted by atomic mass is 10.2. The Bertz CT molecular complexity index is 412. The first-order chi connectivity index (χ1) is 8.81. The molecule has 0 spiro atoms. The Morgan fingerprint density at radius 1 is 1.26 bits per heavy atom. The summed E-state index contributed by atoms with van der Waals surface area (Å²) in [6, 6.07) is 7.20. The molecule has 0 saturated carbocycles. The first-order valence-electron chi connectivity index (χ1n) is 6.57. The molecule has 1 atom stereocenters. The maximum atomic E-state index is 11.8. The number of anilines is 1. The number of amides is 1. The average Bonchev–Trinajstić information content (AvgIpc) is 2.36. The Morgan fingerprint density at radius 2 is 1.84 bits per heavy atom. The second kappa shape index (κ2) is 6.72. The number of aliphatic hydroxyl groups excluding tert-OH is 1. The molecule has 0 saturated heterocycles. The summed E-state index contributed by atoms with van der Waals surface area (Å²) in [5.41, 5.74) is 1.65. The van der Waals surface area contributed by atoms with Crippen molar-refractivity contribution in [1.82, 2.24) is 5.32 Å². The highest BCUT2D eigenvalue weighted by Crippen LogP contribution is 2.11. The van der Waals surface area contributed by atoms with Crippen molar-refractivity contribution in [2.45, 2.75) is 32.6 Å². The zero-order chi connectivity index (χ0) is 14.5. The summed E-state index contributed by atoms with van der Waals surface area (Å²) in [5.74, 6) is -0.154. The second-order valence-corrected chi connectivity index (χ2v) is 11.5. The van der Waals surface area contributed by atoms with Crippen molar-refractivity contribution in [3.05, 3.63) is 29.8 Å². The molecule has 1 aromatic carbocycles. The maximum Gasteiger partial charge on any atom is 0.251 e. The Balaban J connectivity index is 2.58. The van der Waals surface area contributed by atoms with E-state index in [2.05, 4.69) is 30.3 Å². The van der Waals surface area contributed by atoms with E-state index in [-0.39, 0.29) is 18.6 Å². The van der Waals surface area contributed by atoms with E-state index in [1.807, 2.05) is 12.1 Å². The van der Waals surface area contributed by atoms with Crippen LogP contribution in [0.1, 0.15) is 17.3 Å². The number of carbonyl (C=O) groups excluding carboxylic acids is 1. The molecule has 0 aromatic heterocycles. The minimum absolute atomic E-state index is 0.0540. The third-order valence-corrected chi connectivity index (χ3v) is 3.86. The number of aliphatic hydroxyl groups is 1. The van der Waals surface area contributed by atoms with Crippen LogP contribution in [-0.2, 0) is 0 Å². The van der Waals surface area contributed by atoms with Crippen LogP contribution in [0.4, 0.5) is 5.69 Å². The summed E-state index contributed by atoms with van der Waals surface area (Å²) in [4.78, 5) is 11.8. The number of rotatable bonds is 6. The fourth-order valence-electron chi connectivity index (χ4n) is 1.46. The van der Waals surface area contributed by atoms with Crippen molar-refractivity contribution in [2.24, 2.45) is 0 Å². The molecule has 1 amide bonds. The summed E-state index contributed by atoms with van der Waals surface area (Å²) in [6.07, 6.45) is 1.01. The van der Waals surface area contributed by atoms with Crippen LogP contribution in [0.2, 0.25) is 19.6 Å². The van der Waals surface area contributed by atoms with Crippen LogP contribution in [0.25, 0.3) is 0 Å². The molecule has 0 radical (unpaired) electrons. The molecule has 1 rings (SSSR count). The van der Waals surface area contributed by atoms with Crippen molar-refractivity contribution >= 4 is 19.7 Å². The summed E-state index contributed by atoms with van der Waals surface area (Å²) in [6.45, 7) is 8.62. The van der Waals surface area contributed by atoms with Gasteiger partial charge in [-0.3, -0.25) is 4.79 Å². The van der Waals surface area contributed by atoms with Crippen LogP contribution in [0.5, 0.6) is 0 Å². The molecule has 0 aliphatic carbocycles. The van der Waals surface area contributed by atoms with Gasteiger partial charge in [0.05, 0.1) is 14.7 Å². The third-order valence-electron chi connectivity index (χ3n) is 2.62. The monoisotopic (exact) mass is 280 g/mol. The minimum Gasteiger partial charge on any atom is -0.394 e. The molecule has 0 heterocycles. The largest absolute Gasteiger partial charge is 0.394 e. The van der Waals surface area contributed by atoms with Gasteiger partial charge in [-0.05, 0) is 31.2 Å². The highest BCUT2D eigenvalue weighted by atomic mass is 28.3. The lowest BCUT2D eigenvalue weighted by molar-refractivity contribution is 0.0922. The zero-order valence-electron chi connectivity index (χ0n) is 12.2. The molecular weight excluding hydrogens is 256 g/mol. The average molecular weight is 280 g/mol. The smallest absolute Gasteiger partial charge is 0.251 e. The molecule has 3 N–H and O–H groups in total. The predicted octanol–water partition coefficient (Wildman–Crippen LogP) is 2.09. The quantitative estimate of drug-likeness (QED) is 0.699. The van der Waals surface area contributed by atoms with Crippen LogP contribution in [0, 0.1) is 0 Å². The highest BCUT2D eigenvalue weighted by Gasteiger charge is 2.12. The molecule has 5 heteroatoms.